The SMILES string of the molecule is Cl.Cl.NCc1ccc(C(=O)Nc2ccccn2)cc1. The van der Waals surface area contributed by atoms with Crippen LogP contribution in [0.4, 0.5) is 5.82 Å². The van der Waals surface area contributed by atoms with Crippen LogP contribution in [0.5, 0.6) is 0 Å². The van der Waals surface area contributed by atoms with E-state index in [1.807, 2.05) is 18.2 Å². The average Bonchev–Trinajstić information content (AvgIpc) is 2.40. The molecule has 2 aromatic rings. The number of rotatable bonds is 3. The van der Waals surface area contributed by atoms with Gasteiger partial charge in [-0.2, -0.15) is 0 Å². The minimum absolute atomic E-state index is 0. The summed E-state index contributed by atoms with van der Waals surface area (Å²) in [6.07, 6.45) is 1.63. The Labute approximate surface area is 124 Å². The Balaban J connectivity index is 0.00000162. The van der Waals surface area contributed by atoms with Gasteiger partial charge in [0.1, 0.15) is 5.82 Å². The van der Waals surface area contributed by atoms with Crippen LogP contribution < -0.4 is 11.1 Å². The van der Waals surface area contributed by atoms with Gasteiger partial charge in [-0.05, 0) is 29.8 Å². The van der Waals surface area contributed by atoms with Crippen LogP contribution in [0.25, 0.3) is 0 Å². The van der Waals surface area contributed by atoms with Gasteiger partial charge in [-0.15, -0.1) is 24.8 Å². The van der Waals surface area contributed by atoms with E-state index < -0.39 is 0 Å². The number of nitrogens with zero attached hydrogens (tertiary/aromatic N) is 1. The van der Waals surface area contributed by atoms with Gasteiger partial charge in [0.15, 0.2) is 0 Å². The first-order chi connectivity index (χ1) is 8.29. The van der Waals surface area contributed by atoms with Crippen LogP contribution >= 0.6 is 24.8 Å². The van der Waals surface area contributed by atoms with Gasteiger partial charge < -0.3 is 11.1 Å². The average molecular weight is 300 g/mol. The highest BCUT2D eigenvalue weighted by Crippen LogP contribution is 2.07. The van der Waals surface area contributed by atoms with Crippen molar-refractivity contribution in [1.82, 2.24) is 4.98 Å². The van der Waals surface area contributed by atoms with E-state index in [-0.39, 0.29) is 30.7 Å². The fourth-order valence-electron chi connectivity index (χ4n) is 1.42. The molecule has 6 heteroatoms. The fourth-order valence-corrected chi connectivity index (χ4v) is 1.42. The van der Waals surface area contributed by atoms with Crippen molar-refractivity contribution in [3.8, 4) is 0 Å². The Kier molecular flexibility index (Phi) is 7.75. The third kappa shape index (κ3) is 4.87. The minimum Gasteiger partial charge on any atom is -0.326 e. The number of halogens is 2. The Morgan fingerprint density at radius 3 is 2.32 bits per heavy atom. The van der Waals surface area contributed by atoms with Crippen LogP contribution in [0.3, 0.4) is 0 Å². The smallest absolute Gasteiger partial charge is 0.256 e. The van der Waals surface area contributed by atoms with Gasteiger partial charge in [-0.25, -0.2) is 4.98 Å². The maximum absolute atomic E-state index is 11.8. The molecule has 3 N–H and O–H groups in total. The summed E-state index contributed by atoms with van der Waals surface area (Å²) in [5.41, 5.74) is 7.08. The van der Waals surface area contributed by atoms with Crippen molar-refractivity contribution in [1.29, 1.82) is 0 Å². The molecule has 19 heavy (non-hydrogen) atoms. The van der Waals surface area contributed by atoms with Crippen molar-refractivity contribution >= 4 is 36.5 Å². The monoisotopic (exact) mass is 299 g/mol. The van der Waals surface area contributed by atoms with Gasteiger partial charge >= 0.3 is 0 Å². The number of nitrogens with one attached hydrogen (secondary N) is 1. The third-order valence-electron chi connectivity index (χ3n) is 2.36. The molecule has 0 atom stereocenters. The number of hydrogen-bond acceptors (Lipinski definition) is 3. The van der Waals surface area contributed by atoms with Crippen LogP contribution in [0.2, 0.25) is 0 Å². The Bertz CT molecular complexity index is 503. The van der Waals surface area contributed by atoms with Crippen molar-refractivity contribution in [2.75, 3.05) is 5.32 Å². The van der Waals surface area contributed by atoms with E-state index in [9.17, 15) is 4.79 Å². The molecule has 102 valence electrons. The first-order valence-corrected chi connectivity index (χ1v) is 5.31. The summed E-state index contributed by atoms with van der Waals surface area (Å²) in [6.45, 7) is 0.474. The number of carbonyl (C=O) groups is 1. The quantitative estimate of drug-likeness (QED) is 0.915. The molecule has 0 spiro atoms. The number of aromatic nitrogens is 1. The molecule has 1 aromatic carbocycles. The van der Waals surface area contributed by atoms with E-state index in [0.29, 0.717) is 17.9 Å². The molecule has 0 saturated heterocycles. The van der Waals surface area contributed by atoms with Gasteiger partial charge in [0, 0.05) is 18.3 Å². The largest absolute Gasteiger partial charge is 0.326 e. The van der Waals surface area contributed by atoms with Gasteiger partial charge in [0.05, 0.1) is 0 Å². The summed E-state index contributed by atoms with van der Waals surface area (Å²) >= 11 is 0. The maximum atomic E-state index is 11.8. The van der Waals surface area contributed by atoms with Crippen LogP contribution in [-0.2, 0) is 6.54 Å². The lowest BCUT2D eigenvalue weighted by atomic mass is 10.1. The number of nitrogens with two attached hydrogens (primary N) is 1. The highest BCUT2D eigenvalue weighted by Gasteiger charge is 2.05. The summed E-state index contributed by atoms with van der Waals surface area (Å²) in [7, 11) is 0. The van der Waals surface area contributed by atoms with Gasteiger partial charge in [0.25, 0.3) is 5.91 Å². The Morgan fingerprint density at radius 1 is 1.11 bits per heavy atom. The third-order valence-corrected chi connectivity index (χ3v) is 2.36. The van der Waals surface area contributed by atoms with Gasteiger partial charge in [-0.1, -0.05) is 18.2 Å². The Hall–Kier alpha value is -1.62. The Morgan fingerprint density at radius 2 is 1.79 bits per heavy atom. The highest BCUT2D eigenvalue weighted by molar-refractivity contribution is 6.03. The van der Waals surface area contributed by atoms with E-state index in [1.54, 1.807) is 30.5 Å². The van der Waals surface area contributed by atoms with Crippen LogP contribution in [0.1, 0.15) is 15.9 Å². The molecule has 0 aliphatic carbocycles. The standard InChI is InChI=1S/C13H13N3O.2ClH/c14-9-10-4-6-11(7-5-10)13(17)16-12-3-1-2-8-15-12;;/h1-8H,9,14H2,(H,15,16,17);2*1H. The van der Waals surface area contributed by atoms with Crippen molar-refractivity contribution in [3.63, 3.8) is 0 Å². The lowest BCUT2D eigenvalue weighted by Gasteiger charge is -2.04. The number of hydrogen-bond donors (Lipinski definition) is 2. The minimum atomic E-state index is -0.174. The molecule has 1 aromatic heterocycles. The number of anilines is 1. The van der Waals surface area contributed by atoms with E-state index >= 15 is 0 Å². The fraction of sp³-hybridized carbons (Fsp3) is 0.0769. The summed E-state index contributed by atoms with van der Waals surface area (Å²) < 4.78 is 0. The summed E-state index contributed by atoms with van der Waals surface area (Å²) in [5, 5.41) is 2.71. The van der Waals surface area contributed by atoms with E-state index in [2.05, 4.69) is 10.3 Å². The van der Waals surface area contributed by atoms with Crippen molar-refractivity contribution < 1.29 is 4.79 Å². The predicted molar refractivity (Wildman–Crippen MR) is 81.0 cm³/mol. The van der Waals surface area contributed by atoms with Crippen LogP contribution in [0, 0.1) is 0 Å². The second-order valence-electron chi connectivity index (χ2n) is 3.57. The van der Waals surface area contributed by atoms with Crippen molar-refractivity contribution in [2.45, 2.75) is 6.54 Å². The lowest BCUT2D eigenvalue weighted by molar-refractivity contribution is 0.102. The summed E-state index contributed by atoms with van der Waals surface area (Å²) in [6, 6.07) is 12.5. The van der Waals surface area contributed by atoms with Crippen LogP contribution in [-0.4, -0.2) is 10.9 Å². The molecule has 0 aliphatic heterocycles. The predicted octanol–water partition coefficient (Wildman–Crippen LogP) is 2.64. The molecule has 0 unspecified atom stereocenters. The first-order valence-electron chi connectivity index (χ1n) is 5.31. The zero-order valence-electron chi connectivity index (χ0n) is 10.1. The van der Waals surface area contributed by atoms with Gasteiger partial charge in [0.2, 0.25) is 0 Å². The first kappa shape index (κ1) is 17.4. The number of benzene rings is 1. The zero-order valence-corrected chi connectivity index (χ0v) is 11.7. The second kappa shape index (κ2) is 8.48. The van der Waals surface area contributed by atoms with Crippen molar-refractivity contribution in [3.05, 3.63) is 59.8 Å². The normalized spacial score (nSPS) is 8.89. The molecule has 0 saturated carbocycles. The molecule has 4 nitrogen and oxygen atoms in total. The molecular weight excluding hydrogens is 285 g/mol. The van der Waals surface area contributed by atoms with Crippen LogP contribution in [0.15, 0.2) is 48.7 Å². The van der Waals surface area contributed by atoms with E-state index in [1.165, 1.54) is 0 Å². The molecule has 2 rings (SSSR count). The summed E-state index contributed by atoms with van der Waals surface area (Å²) in [4.78, 5) is 15.9. The molecule has 0 aliphatic rings. The number of pyridine rings is 1. The van der Waals surface area contributed by atoms with Gasteiger partial charge in [-0.3, -0.25) is 4.79 Å². The maximum Gasteiger partial charge on any atom is 0.256 e. The van der Waals surface area contributed by atoms with E-state index in [4.69, 9.17) is 5.73 Å². The topological polar surface area (TPSA) is 68.0 Å². The number of carbonyl (C=O) groups excluding carboxylic acids is 1. The second-order valence-corrected chi connectivity index (χ2v) is 3.57. The molecule has 0 fully saturated rings. The molecule has 1 heterocycles. The lowest BCUT2D eigenvalue weighted by Crippen LogP contribution is -2.12. The molecular formula is C13H15Cl2N3O. The molecule has 0 radical (unpaired) electrons. The number of amides is 1. The molecule has 1 amide bonds. The zero-order chi connectivity index (χ0) is 12.1. The molecule has 0 bridgehead atoms. The van der Waals surface area contributed by atoms with E-state index in [0.717, 1.165) is 5.56 Å². The van der Waals surface area contributed by atoms with Crippen molar-refractivity contribution in [2.24, 2.45) is 5.73 Å². The summed E-state index contributed by atoms with van der Waals surface area (Å²) in [5.74, 6) is 0.368. The highest BCUT2D eigenvalue weighted by atomic mass is 35.5.